The second kappa shape index (κ2) is 10.6. The van der Waals surface area contributed by atoms with Gasteiger partial charge in [-0.25, -0.2) is 4.98 Å². The Kier molecular flexibility index (Phi) is 7.11. The highest BCUT2D eigenvalue weighted by Gasteiger charge is 2.26. The van der Waals surface area contributed by atoms with Crippen LogP contribution in [0.25, 0.3) is 10.9 Å². The predicted octanol–water partition coefficient (Wildman–Crippen LogP) is 5.61. The third-order valence-corrected chi connectivity index (χ3v) is 8.08. The number of amides is 2. The first-order chi connectivity index (χ1) is 17.1. The summed E-state index contributed by atoms with van der Waals surface area (Å²) >= 11 is 3.22. The molecule has 0 atom stereocenters. The quantitative estimate of drug-likeness (QED) is 0.347. The molecule has 3 heterocycles. The van der Waals surface area contributed by atoms with Crippen molar-refractivity contribution in [3.8, 4) is 0 Å². The summed E-state index contributed by atoms with van der Waals surface area (Å²) in [4.78, 5) is 37.6. The minimum atomic E-state index is -0.212. The maximum absolute atomic E-state index is 12.8. The molecular weight excluding hydrogens is 476 g/mol. The van der Waals surface area contributed by atoms with Crippen molar-refractivity contribution in [3.05, 3.63) is 82.4 Å². The maximum atomic E-state index is 12.8. The van der Waals surface area contributed by atoms with Gasteiger partial charge in [-0.2, -0.15) is 0 Å². The Morgan fingerprint density at radius 1 is 1.11 bits per heavy atom. The van der Waals surface area contributed by atoms with Crippen LogP contribution in [0.3, 0.4) is 0 Å². The number of anilines is 1. The van der Waals surface area contributed by atoms with Crippen LogP contribution >= 0.6 is 23.1 Å². The lowest BCUT2D eigenvalue weighted by Crippen LogP contribution is -2.38. The highest BCUT2D eigenvalue weighted by atomic mass is 32.2. The number of thioether (sulfide) groups is 1. The Labute approximate surface area is 212 Å². The van der Waals surface area contributed by atoms with Gasteiger partial charge in [0.05, 0.1) is 16.9 Å². The van der Waals surface area contributed by atoms with Crippen LogP contribution in [0.4, 0.5) is 5.69 Å². The molecular formula is C27H26N4O2S2. The first-order valence-corrected chi connectivity index (χ1v) is 13.7. The number of carbonyl (C=O) groups excluding carboxylic acids is 2. The van der Waals surface area contributed by atoms with Gasteiger partial charge in [0.25, 0.3) is 5.91 Å². The van der Waals surface area contributed by atoms with Crippen molar-refractivity contribution >= 4 is 51.5 Å². The minimum absolute atomic E-state index is 0.171. The van der Waals surface area contributed by atoms with Gasteiger partial charge in [0, 0.05) is 46.6 Å². The molecule has 0 bridgehead atoms. The van der Waals surface area contributed by atoms with E-state index in [9.17, 15) is 9.59 Å². The summed E-state index contributed by atoms with van der Waals surface area (Å²) in [6, 6.07) is 17.7. The van der Waals surface area contributed by atoms with Crippen LogP contribution in [0.1, 0.15) is 39.8 Å². The van der Waals surface area contributed by atoms with E-state index in [1.54, 1.807) is 18.0 Å². The number of fused-ring (bicyclic) bond motifs is 1. The Bertz CT molecular complexity index is 1340. The van der Waals surface area contributed by atoms with E-state index in [2.05, 4.69) is 27.4 Å². The number of likely N-dealkylation sites (tertiary alicyclic amines) is 1. The van der Waals surface area contributed by atoms with Gasteiger partial charge in [-0.1, -0.05) is 18.2 Å². The predicted molar refractivity (Wildman–Crippen MR) is 142 cm³/mol. The zero-order valence-corrected chi connectivity index (χ0v) is 21.1. The van der Waals surface area contributed by atoms with E-state index in [-0.39, 0.29) is 17.7 Å². The standard InChI is InChI=1S/C27H26N4O2S2/c1-34-22-7-4-18(5-8-22)15-25(32)31-13-10-19(11-14-31)27-30-24(17-35-27)26(33)29-21-6-9-23-20(16-21)3-2-12-28-23/h2-9,12,16-17,19H,10-11,13-15H2,1H3,(H,29,33). The monoisotopic (exact) mass is 502 g/mol. The number of aromatic nitrogens is 2. The number of benzene rings is 2. The normalized spacial score (nSPS) is 14.3. The molecule has 1 aliphatic heterocycles. The van der Waals surface area contributed by atoms with Crippen molar-refractivity contribution in [2.24, 2.45) is 0 Å². The van der Waals surface area contributed by atoms with Crippen LogP contribution in [0.15, 0.2) is 71.1 Å². The third kappa shape index (κ3) is 5.55. The van der Waals surface area contributed by atoms with Crippen molar-refractivity contribution in [2.75, 3.05) is 24.7 Å². The zero-order valence-electron chi connectivity index (χ0n) is 19.4. The number of nitrogens with one attached hydrogen (secondary N) is 1. The molecule has 1 N–H and O–H groups in total. The molecule has 2 aromatic heterocycles. The summed E-state index contributed by atoms with van der Waals surface area (Å²) in [5.74, 6) is 0.235. The number of piperidine rings is 1. The fourth-order valence-corrected chi connectivity index (χ4v) is 5.71. The minimum Gasteiger partial charge on any atom is -0.342 e. The summed E-state index contributed by atoms with van der Waals surface area (Å²) in [5, 5.41) is 6.71. The third-order valence-electron chi connectivity index (χ3n) is 6.33. The molecule has 0 radical (unpaired) electrons. The fraction of sp³-hybridized carbons (Fsp3) is 0.259. The Hall–Kier alpha value is -3.23. The van der Waals surface area contributed by atoms with Gasteiger partial charge in [0.2, 0.25) is 5.91 Å². The molecule has 1 fully saturated rings. The molecule has 4 aromatic rings. The molecule has 2 aromatic carbocycles. The van der Waals surface area contributed by atoms with E-state index in [0.29, 0.717) is 12.1 Å². The average Bonchev–Trinajstić information content (AvgIpc) is 3.40. The van der Waals surface area contributed by atoms with Gasteiger partial charge < -0.3 is 10.2 Å². The molecule has 35 heavy (non-hydrogen) atoms. The van der Waals surface area contributed by atoms with Gasteiger partial charge in [-0.05, 0) is 61.1 Å². The Morgan fingerprint density at radius 2 is 1.91 bits per heavy atom. The lowest BCUT2D eigenvalue weighted by Gasteiger charge is -2.31. The molecule has 0 aliphatic carbocycles. The summed E-state index contributed by atoms with van der Waals surface area (Å²) in [6.45, 7) is 1.44. The molecule has 0 saturated carbocycles. The van der Waals surface area contributed by atoms with E-state index in [1.165, 1.54) is 16.2 Å². The summed E-state index contributed by atoms with van der Waals surface area (Å²) in [7, 11) is 0. The fourth-order valence-electron chi connectivity index (χ4n) is 4.33. The van der Waals surface area contributed by atoms with E-state index < -0.39 is 0 Å². The number of thiazole rings is 1. The molecule has 8 heteroatoms. The summed E-state index contributed by atoms with van der Waals surface area (Å²) in [6.07, 6.45) is 5.96. The average molecular weight is 503 g/mol. The van der Waals surface area contributed by atoms with Crippen LogP contribution in [-0.4, -0.2) is 46.0 Å². The van der Waals surface area contributed by atoms with E-state index in [0.717, 1.165) is 53.1 Å². The molecule has 1 aliphatic rings. The zero-order chi connectivity index (χ0) is 24.2. The van der Waals surface area contributed by atoms with E-state index in [4.69, 9.17) is 0 Å². The van der Waals surface area contributed by atoms with Gasteiger partial charge in [-0.15, -0.1) is 23.1 Å². The van der Waals surface area contributed by atoms with Crippen molar-refractivity contribution in [3.63, 3.8) is 0 Å². The molecule has 6 nitrogen and oxygen atoms in total. The Balaban J connectivity index is 1.15. The molecule has 5 rings (SSSR count). The summed E-state index contributed by atoms with van der Waals surface area (Å²) in [5.41, 5.74) is 3.09. The second-order valence-electron chi connectivity index (χ2n) is 8.62. The first kappa shape index (κ1) is 23.5. The van der Waals surface area contributed by atoms with Gasteiger partial charge in [0.15, 0.2) is 0 Å². The van der Waals surface area contributed by atoms with Crippen molar-refractivity contribution in [1.82, 2.24) is 14.9 Å². The molecule has 0 unspecified atom stereocenters. The molecule has 2 amide bonds. The topological polar surface area (TPSA) is 75.2 Å². The van der Waals surface area contributed by atoms with Crippen molar-refractivity contribution in [1.29, 1.82) is 0 Å². The van der Waals surface area contributed by atoms with E-state index in [1.807, 2.05) is 59.0 Å². The van der Waals surface area contributed by atoms with Crippen LogP contribution < -0.4 is 5.32 Å². The molecule has 178 valence electrons. The first-order valence-electron chi connectivity index (χ1n) is 11.6. The second-order valence-corrected chi connectivity index (χ2v) is 10.4. The van der Waals surface area contributed by atoms with Crippen LogP contribution in [0.2, 0.25) is 0 Å². The Morgan fingerprint density at radius 3 is 2.69 bits per heavy atom. The van der Waals surface area contributed by atoms with E-state index >= 15 is 0 Å². The lowest BCUT2D eigenvalue weighted by atomic mass is 9.97. The maximum Gasteiger partial charge on any atom is 0.275 e. The van der Waals surface area contributed by atoms with Gasteiger partial charge >= 0.3 is 0 Å². The summed E-state index contributed by atoms with van der Waals surface area (Å²) < 4.78 is 0. The largest absolute Gasteiger partial charge is 0.342 e. The highest BCUT2D eigenvalue weighted by molar-refractivity contribution is 7.98. The number of nitrogens with zero attached hydrogens (tertiary/aromatic N) is 3. The number of hydrogen-bond acceptors (Lipinski definition) is 6. The number of pyridine rings is 1. The highest BCUT2D eigenvalue weighted by Crippen LogP contribution is 2.31. The SMILES string of the molecule is CSc1ccc(CC(=O)N2CCC(c3nc(C(=O)Nc4ccc5ncccc5c4)cs3)CC2)cc1. The van der Waals surface area contributed by atoms with Crippen molar-refractivity contribution < 1.29 is 9.59 Å². The van der Waals surface area contributed by atoms with Crippen LogP contribution in [-0.2, 0) is 11.2 Å². The molecule has 0 spiro atoms. The number of carbonyl (C=O) groups is 2. The van der Waals surface area contributed by atoms with Crippen LogP contribution in [0.5, 0.6) is 0 Å². The smallest absolute Gasteiger partial charge is 0.275 e. The lowest BCUT2D eigenvalue weighted by molar-refractivity contribution is -0.131. The molecule has 1 saturated heterocycles. The van der Waals surface area contributed by atoms with Gasteiger partial charge in [0.1, 0.15) is 5.69 Å². The van der Waals surface area contributed by atoms with Gasteiger partial charge in [-0.3, -0.25) is 14.6 Å². The van der Waals surface area contributed by atoms with Crippen LogP contribution in [0, 0.1) is 0 Å². The number of rotatable bonds is 6. The number of hydrogen-bond donors (Lipinski definition) is 1. The van der Waals surface area contributed by atoms with Crippen molar-refractivity contribution in [2.45, 2.75) is 30.1 Å².